The van der Waals surface area contributed by atoms with Crippen molar-refractivity contribution in [1.29, 1.82) is 0 Å². The van der Waals surface area contributed by atoms with E-state index < -0.39 is 24.8 Å². The van der Waals surface area contributed by atoms with Crippen LogP contribution < -0.4 is 0 Å². The highest BCUT2D eigenvalue weighted by atomic mass is 19.4. The zero-order valence-corrected chi connectivity index (χ0v) is 9.66. The molecular weight excluding hydrogens is 235 g/mol. The lowest BCUT2D eigenvalue weighted by Crippen LogP contribution is -2.15. The number of halogens is 3. The Morgan fingerprint density at radius 1 is 1.47 bits per heavy atom. The summed E-state index contributed by atoms with van der Waals surface area (Å²) in [6, 6.07) is 0.0305. The fraction of sp³-hybridized carbons (Fsp3) is 0.700. The molecular formula is C10H14F3N3O. The Hall–Kier alpha value is -1.40. The minimum Gasteiger partial charge on any atom is -0.299 e. The molecule has 7 heteroatoms. The van der Waals surface area contributed by atoms with E-state index in [4.69, 9.17) is 0 Å². The van der Waals surface area contributed by atoms with Crippen LogP contribution in [-0.2, 0) is 11.2 Å². The number of hydrogen-bond donors (Lipinski definition) is 0. The summed E-state index contributed by atoms with van der Waals surface area (Å²) in [5, 5.41) is 3.91. The maximum absolute atomic E-state index is 11.9. The summed E-state index contributed by atoms with van der Waals surface area (Å²) in [4.78, 5) is 15.2. The van der Waals surface area contributed by atoms with Crippen LogP contribution >= 0.6 is 0 Å². The molecule has 0 unspecified atom stereocenters. The van der Waals surface area contributed by atoms with Crippen molar-refractivity contribution in [2.75, 3.05) is 0 Å². The van der Waals surface area contributed by atoms with Crippen molar-refractivity contribution in [3.05, 3.63) is 12.2 Å². The highest BCUT2D eigenvalue weighted by molar-refractivity contribution is 5.80. The fourth-order valence-electron chi connectivity index (χ4n) is 1.38. The van der Waals surface area contributed by atoms with E-state index in [1.165, 1.54) is 11.0 Å². The predicted molar refractivity (Wildman–Crippen MR) is 54.4 cm³/mol. The number of hydrogen-bond acceptors (Lipinski definition) is 3. The molecule has 0 amide bonds. The number of rotatable bonds is 5. The Labute approximate surface area is 96.8 Å². The molecule has 0 aliphatic heterocycles. The summed E-state index contributed by atoms with van der Waals surface area (Å²) in [6.45, 7) is 3.72. The van der Waals surface area contributed by atoms with Crippen molar-refractivity contribution in [1.82, 2.24) is 14.8 Å². The normalized spacial score (nSPS) is 12.1. The molecule has 1 aromatic heterocycles. The molecule has 17 heavy (non-hydrogen) atoms. The van der Waals surface area contributed by atoms with E-state index in [9.17, 15) is 18.0 Å². The number of aromatic nitrogens is 3. The van der Waals surface area contributed by atoms with Gasteiger partial charge in [-0.1, -0.05) is 0 Å². The minimum absolute atomic E-state index is 0.0305. The molecule has 0 atom stereocenters. The second-order valence-electron chi connectivity index (χ2n) is 4.05. The minimum atomic E-state index is -4.29. The molecule has 4 nitrogen and oxygen atoms in total. The molecule has 96 valence electrons. The van der Waals surface area contributed by atoms with Crippen LogP contribution in [0.5, 0.6) is 0 Å². The van der Waals surface area contributed by atoms with Crippen molar-refractivity contribution in [3.63, 3.8) is 0 Å². The van der Waals surface area contributed by atoms with Gasteiger partial charge in [0.25, 0.3) is 0 Å². The van der Waals surface area contributed by atoms with E-state index in [0.29, 0.717) is 5.82 Å². The van der Waals surface area contributed by atoms with E-state index in [1.807, 2.05) is 13.8 Å². The first-order chi connectivity index (χ1) is 7.79. The molecule has 0 aromatic carbocycles. The topological polar surface area (TPSA) is 47.8 Å². The molecule has 0 bridgehead atoms. The van der Waals surface area contributed by atoms with Crippen LogP contribution in [0, 0.1) is 0 Å². The molecule has 0 spiro atoms. The Bertz CT molecular complexity index is 384. The standard InChI is InChI=1S/C10H14F3N3O/c1-7(2)16-9(14-6-15-16)5-8(17)3-4-10(11,12)13/h6-7H,3-5H2,1-2H3. The predicted octanol–water partition coefficient (Wildman–Crippen LogP) is 2.31. The van der Waals surface area contributed by atoms with Gasteiger partial charge >= 0.3 is 6.18 Å². The first-order valence-corrected chi connectivity index (χ1v) is 5.26. The zero-order chi connectivity index (χ0) is 13.1. The Balaban J connectivity index is 2.54. The Kier molecular flexibility index (Phi) is 4.25. The first-order valence-electron chi connectivity index (χ1n) is 5.26. The van der Waals surface area contributed by atoms with Gasteiger partial charge in [0, 0.05) is 12.5 Å². The highest BCUT2D eigenvalue weighted by Gasteiger charge is 2.28. The number of carbonyl (C=O) groups excluding carboxylic acids is 1. The largest absolute Gasteiger partial charge is 0.389 e. The third-order valence-corrected chi connectivity index (χ3v) is 2.18. The van der Waals surface area contributed by atoms with Crippen LogP contribution in [-0.4, -0.2) is 26.7 Å². The van der Waals surface area contributed by atoms with Crippen molar-refractivity contribution in [2.24, 2.45) is 0 Å². The average molecular weight is 249 g/mol. The fourth-order valence-corrected chi connectivity index (χ4v) is 1.38. The Morgan fingerprint density at radius 3 is 2.65 bits per heavy atom. The van der Waals surface area contributed by atoms with Gasteiger partial charge in [-0.2, -0.15) is 18.3 Å². The summed E-state index contributed by atoms with van der Waals surface area (Å²) in [5.74, 6) is -0.0654. The van der Waals surface area contributed by atoms with Crippen LogP contribution in [0.15, 0.2) is 6.33 Å². The van der Waals surface area contributed by atoms with Crippen molar-refractivity contribution in [3.8, 4) is 0 Å². The first kappa shape index (κ1) is 13.7. The molecule has 0 N–H and O–H groups in total. The van der Waals surface area contributed by atoms with Crippen LogP contribution in [0.25, 0.3) is 0 Å². The lowest BCUT2D eigenvalue weighted by molar-refractivity contribution is -0.143. The monoisotopic (exact) mass is 249 g/mol. The summed E-state index contributed by atoms with van der Waals surface area (Å²) in [5.41, 5.74) is 0. The van der Waals surface area contributed by atoms with Crippen LogP contribution in [0.1, 0.15) is 38.6 Å². The van der Waals surface area contributed by atoms with Gasteiger partial charge in [-0.15, -0.1) is 0 Å². The van der Waals surface area contributed by atoms with E-state index in [0.717, 1.165) is 0 Å². The van der Waals surface area contributed by atoms with Crippen LogP contribution in [0.4, 0.5) is 13.2 Å². The lowest BCUT2D eigenvalue weighted by Gasteiger charge is -2.09. The maximum atomic E-state index is 11.9. The van der Waals surface area contributed by atoms with Gasteiger partial charge in [-0.3, -0.25) is 4.79 Å². The molecule has 1 heterocycles. The zero-order valence-electron chi connectivity index (χ0n) is 9.66. The number of Topliss-reactive ketones (excluding diaryl/α,β-unsaturated/α-hetero) is 1. The van der Waals surface area contributed by atoms with Gasteiger partial charge in [0.05, 0.1) is 12.8 Å². The lowest BCUT2D eigenvalue weighted by atomic mass is 10.1. The second kappa shape index (κ2) is 5.29. The molecule has 0 saturated heterocycles. The third-order valence-electron chi connectivity index (χ3n) is 2.18. The Morgan fingerprint density at radius 2 is 2.12 bits per heavy atom. The highest BCUT2D eigenvalue weighted by Crippen LogP contribution is 2.21. The summed E-state index contributed by atoms with van der Waals surface area (Å²) in [6.07, 6.45) is -4.68. The summed E-state index contributed by atoms with van der Waals surface area (Å²) >= 11 is 0. The molecule has 0 fully saturated rings. The van der Waals surface area contributed by atoms with Crippen LogP contribution in [0.2, 0.25) is 0 Å². The third kappa shape index (κ3) is 4.54. The SMILES string of the molecule is CC(C)n1ncnc1CC(=O)CCC(F)(F)F. The number of alkyl halides is 3. The summed E-state index contributed by atoms with van der Waals surface area (Å²) < 4.78 is 37.3. The quantitative estimate of drug-likeness (QED) is 0.804. The van der Waals surface area contributed by atoms with Gasteiger partial charge in [0.2, 0.25) is 0 Å². The van der Waals surface area contributed by atoms with Gasteiger partial charge in [-0.05, 0) is 13.8 Å². The molecule has 1 aromatic rings. The smallest absolute Gasteiger partial charge is 0.299 e. The van der Waals surface area contributed by atoms with Gasteiger partial charge < -0.3 is 0 Å². The molecule has 1 rings (SSSR count). The van der Waals surface area contributed by atoms with Crippen molar-refractivity contribution >= 4 is 5.78 Å². The van der Waals surface area contributed by atoms with Gasteiger partial charge in [0.15, 0.2) is 0 Å². The van der Waals surface area contributed by atoms with E-state index >= 15 is 0 Å². The molecule has 0 radical (unpaired) electrons. The second-order valence-corrected chi connectivity index (χ2v) is 4.05. The van der Waals surface area contributed by atoms with E-state index in [2.05, 4.69) is 10.1 Å². The molecule has 0 aliphatic carbocycles. The number of ketones is 1. The molecule has 0 saturated carbocycles. The van der Waals surface area contributed by atoms with Gasteiger partial charge in [0.1, 0.15) is 17.9 Å². The van der Waals surface area contributed by atoms with E-state index in [-0.39, 0.29) is 12.5 Å². The van der Waals surface area contributed by atoms with Gasteiger partial charge in [-0.25, -0.2) is 9.67 Å². The van der Waals surface area contributed by atoms with E-state index in [1.54, 1.807) is 0 Å². The molecule has 0 aliphatic rings. The average Bonchev–Trinajstić information content (AvgIpc) is 2.62. The number of nitrogens with zero attached hydrogens (tertiary/aromatic N) is 3. The van der Waals surface area contributed by atoms with Crippen molar-refractivity contribution in [2.45, 2.75) is 45.3 Å². The summed E-state index contributed by atoms with van der Waals surface area (Å²) in [7, 11) is 0. The number of carbonyl (C=O) groups is 1. The van der Waals surface area contributed by atoms with Crippen molar-refractivity contribution < 1.29 is 18.0 Å². The van der Waals surface area contributed by atoms with Crippen LogP contribution in [0.3, 0.4) is 0 Å². The maximum Gasteiger partial charge on any atom is 0.389 e.